The third kappa shape index (κ3) is 5.73. The molecule has 0 saturated carbocycles. The summed E-state index contributed by atoms with van der Waals surface area (Å²) in [5.74, 6) is -0.0910. The first kappa shape index (κ1) is 24.5. The van der Waals surface area contributed by atoms with Crippen LogP contribution in [0.15, 0.2) is 65.6 Å². The van der Waals surface area contributed by atoms with Crippen LogP contribution in [0.3, 0.4) is 0 Å². The van der Waals surface area contributed by atoms with Gasteiger partial charge in [0.1, 0.15) is 0 Å². The molecule has 0 unspecified atom stereocenters. The lowest BCUT2D eigenvalue weighted by Gasteiger charge is -2.17. The highest BCUT2D eigenvalue weighted by Crippen LogP contribution is 2.30. The van der Waals surface area contributed by atoms with E-state index in [1.54, 1.807) is 37.3 Å². The number of fused-ring (bicyclic) bond motifs is 1. The Hall–Kier alpha value is -2.58. The van der Waals surface area contributed by atoms with Gasteiger partial charge < -0.3 is 15.4 Å². The summed E-state index contributed by atoms with van der Waals surface area (Å²) in [5, 5.41) is 6.30. The molecule has 0 aromatic heterocycles. The van der Waals surface area contributed by atoms with E-state index in [0.717, 1.165) is 23.1 Å². The largest absolute Gasteiger partial charge is 0.376 e. The molecule has 2 N–H and O–H groups in total. The van der Waals surface area contributed by atoms with Gasteiger partial charge in [-0.25, -0.2) is 13.2 Å². The van der Waals surface area contributed by atoms with Crippen molar-refractivity contribution < 1.29 is 17.9 Å². The van der Waals surface area contributed by atoms with Gasteiger partial charge in [-0.15, -0.1) is 0 Å². The first-order chi connectivity index (χ1) is 16.2. The van der Waals surface area contributed by atoms with E-state index in [0.29, 0.717) is 34.5 Å². The SMILES string of the molecule is C[C@H](NC(=O)Nc1ccc(S(=O)(=O)Cc2ccc3c(c2)CCOC3)cc1)c1cccc(Cl)c1Cl. The highest BCUT2D eigenvalue weighted by atomic mass is 35.5. The summed E-state index contributed by atoms with van der Waals surface area (Å²) < 4.78 is 31.3. The number of sulfone groups is 1. The Balaban J connectivity index is 1.39. The van der Waals surface area contributed by atoms with Crippen LogP contribution in [0.4, 0.5) is 10.5 Å². The molecule has 6 nitrogen and oxygen atoms in total. The van der Waals surface area contributed by atoms with Crippen molar-refractivity contribution in [3.8, 4) is 0 Å². The van der Waals surface area contributed by atoms with Crippen molar-refractivity contribution in [3.05, 3.63) is 93.0 Å². The predicted octanol–water partition coefficient (Wildman–Crippen LogP) is 5.92. The van der Waals surface area contributed by atoms with Crippen LogP contribution in [0.25, 0.3) is 0 Å². The Morgan fingerprint density at radius 2 is 1.82 bits per heavy atom. The smallest absolute Gasteiger partial charge is 0.319 e. The van der Waals surface area contributed by atoms with E-state index in [1.165, 1.54) is 12.1 Å². The number of urea groups is 1. The van der Waals surface area contributed by atoms with Gasteiger partial charge in [-0.1, -0.05) is 53.5 Å². The van der Waals surface area contributed by atoms with E-state index in [1.807, 2.05) is 18.2 Å². The molecule has 9 heteroatoms. The summed E-state index contributed by atoms with van der Waals surface area (Å²) in [7, 11) is -3.54. The second kappa shape index (κ2) is 10.4. The molecule has 1 aliphatic rings. The Labute approximate surface area is 209 Å². The number of hydrogen-bond donors (Lipinski definition) is 2. The number of hydrogen-bond acceptors (Lipinski definition) is 4. The Morgan fingerprint density at radius 1 is 1.06 bits per heavy atom. The number of carbonyl (C=O) groups excluding carboxylic acids is 1. The average molecular weight is 519 g/mol. The van der Waals surface area contributed by atoms with E-state index in [-0.39, 0.29) is 16.7 Å². The second-order valence-corrected chi connectivity index (χ2v) is 10.9. The normalized spacial score (nSPS) is 14.2. The fourth-order valence-corrected chi connectivity index (χ4v) is 5.66. The van der Waals surface area contributed by atoms with Crippen LogP contribution in [0, 0.1) is 0 Å². The monoisotopic (exact) mass is 518 g/mol. The summed E-state index contributed by atoms with van der Waals surface area (Å²) in [4.78, 5) is 12.6. The number of amides is 2. The first-order valence-corrected chi connectivity index (χ1v) is 13.2. The van der Waals surface area contributed by atoms with Gasteiger partial charge in [-0.2, -0.15) is 0 Å². The molecule has 178 valence electrons. The molecule has 0 fully saturated rings. The third-order valence-electron chi connectivity index (χ3n) is 5.67. The predicted molar refractivity (Wildman–Crippen MR) is 134 cm³/mol. The molecule has 0 radical (unpaired) electrons. The molecular weight excluding hydrogens is 495 g/mol. The maximum absolute atomic E-state index is 12.9. The highest BCUT2D eigenvalue weighted by Gasteiger charge is 2.18. The number of anilines is 1. The molecule has 1 aliphatic heterocycles. The molecule has 0 saturated heterocycles. The first-order valence-electron chi connectivity index (χ1n) is 10.8. The zero-order valence-corrected chi connectivity index (χ0v) is 20.8. The summed E-state index contributed by atoms with van der Waals surface area (Å²) in [6.07, 6.45) is 0.786. The highest BCUT2D eigenvalue weighted by molar-refractivity contribution is 7.90. The van der Waals surface area contributed by atoms with Crippen molar-refractivity contribution in [2.24, 2.45) is 0 Å². The van der Waals surface area contributed by atoms with Gasteiger partial charge >= 0.3 is 6.03 Å². The summed E-state index contributed by atoms with van der Waals surface area (Å²) in [6.45, 7) is 3.01. The molecular formula is C25H24Cl2N2O4S. The molecule has 0 bridgehead atoms. The minimum absolute atomic E-state index is 0.0910. The lowest BCUT2D eigenvalue weighted by molar-refractivity contribution is 0.110. The Kier molecular flexibility index (Phi) is 7.48. The fourth-order valence-electron chi connectivity index (χ4n) is 3.85. The zero-order chi connectivity index (χ0) is 24.3. The van der Waals surface area contributed by atoms with Crippen molar-refractivity contribution in [1.29, 1.82) is 0 Å². The van der Waals surface area contributed by atoms with Crippen LogP contribution in [-0.4, -0.2) is 21.1 Å². The van der Waals surface area contributed by atoms with E-state index in [9.17, 15) is 13.2 Å². The number of rotatable bonds is 6. The van der Waals surface area contributed by atoms with Gasteiger partial charge in [0.05, 0.1) is 39.9 Å². The van der Waals surface area contributed by atoms with Crippen molar-refractivity contribution in [3.63, 3.8) is 0 Å². The minimum atomic E-state index is -3.54. The van der Waals surface area contributed by atoms with Gasteiger partial charge in [0.2, 0.25) is 0 Å². The van der Waals surface area contributed by atoms with E-state index >= 15 is 0 Å². The molecule has 2 amide bonds. The Morgan fingerprint density at radius 3 is 2.59 bits per heavy atom. The molecule has 4 rings (SSSR count). The van der Waals surface area contributed by atoms with Crippen LogP contribution < -0.4 is 10.6 Å². The van der Waals surface area contributed by atoms with E-state index < -0.39 is 15.9 Å². The number of carbonyl (C=O) groups is 1. The standard InChI is InChI=1S/C25H24Cl2N2O4S/c1-16(22-3-2-4-23(26)24(22)27)28-25(30)29-20-7-9-21(10-8-20)34(31,32)15-17-5-6-19-14-33-12-11-18(19)13-17/h2-10,13,16H,11-12,14-15H2,1H3,(H2,28,29,30)/t16-/m0/s1. The Bertz CT molecular complexity index is 1310. The lowest BCUT2D eigenvalue weighted by Crippen LogP contribution is -2.31. The van der Waals surface area contributed by atoms with Crippen LogP contribution in [0.2, 0.25) is 10.0 Å². The molecule has 1 atom stereocenters. The lowest BCUT2D eigenvalue weighted by atomic mass is 10.0. The number of nitrogens with one attached hydrogen (secondary N) is 2. The summed E-state index contributed by atoms with van der Waals surface area (Å²) in [6, 6.07) is 16.2. The number of halogens is 2. The molecule has 0 spiro atoms. The third-order valence-corrected chi connectivity index (χ3v) is 8.20. The van der Waals surface area contributed by atoms with Crippen LogP contribution >= 0.6 is 23.2 Å². The zero-order valence-electron chi connectivity index (χ0n) is 18.5. The van der Waals surface area contributed by atoms with Crippen LogP contribution in [0.1, 0.15) is 35.2 Å². The molecule has 1 heterocycles. The topological polar surface area (TPSA) is 84.5 Å². The number of benzene rings is 3. The molecule has 34 heavy (non-hydrogen) atoms. The summed E-state index contributed by atoms with van der Waals surface area (Å²) >= 11 is 12.3. The van der Waals surface area contributed by atoms with E-state index in [2.05, 4.69) is 10.6 Å². The number of ether oxygens (including phenoxy) is 1. The van der Waals surface area contributed by atoms with E-state index in [4.69, 9.17) is 27.9 Å². The van der Waals surface area contributed by atoms with Gasteiger partial charge in [0, 0.05) is 5.69 Å². The quantitative estimate of drug-likeness (QED) is 0.423. The average Bonchev–Trinajstić information content (AvgIpc) is 2.80. The minimum Gasteiger partial charge on any atom is -0.376 e. The maximum atomic E-state index is 12.9. The second-order valence-electron chi connectivity index (χ2n) is 8.15. The molecule has 0 aliphatic carbocycles. The van der Waals surface area contributed by atoms with Crippen molar-refractivity contribution in [2.45, 2.75) is 36.6 Å². The molecule has 3 aromatic rings. The van der Waals surface area contributed by atoms with Crippen molar-refractivity contribution in [1.82, 2.24) is 5.32 Å². The van der Waals surface area contributed by atoms with Crippen molar-refractivity contribution >= 4 is 44.8 Å². The van der Waals surface area contributed by atoms with Gasteiger partial charge in [0.15, 0.2) is 9.84 Å². The van der Waals surface area contributed by atoms with Gasteiger partial charge in [0.25, 0.3) is 0 Å². The van der Waals surface area contributed by atoms with Gasteiger partial charge in [-0.3, -0.25) is 0 Å². The van der Waals surface area contributed by atoms with Crippen molar-refractivity contribution in [2.75, 3.05) is 11.9 Å². The fraction of sp³-hybridized carbons (Fsp3) is 0.240. The van der Waals surface area contributed by atoms with Crippen LogP contribution in [0.5, 0.6) is 0 Å². The molecule has 3 aromatic carbocycles. The maximum Gasteiger partial charge on any atom is 0.319 e. The van der Waals surface area contributed by atoms with Gasteiger partial charge in [-0.05, 0) is 65.9 Å². The summed E-state index contributed by atoms with van der Waals surface area (Å²) in [5.41, 5.74) is 4.15. The van der Waals surface area contributed by atoms with Crippen LogP contribution in [-0.2, 0) is 33.4 Å².